The molecular formula is C29H48O2. The molecule has 2 heteroatoms. The van der Waals surface area contributed by atoms with Gasteiger partial charge >= 0.3 is 0 Å². The van der Waals surface area contributed by atoms with Crippen molar-refractivity contribution in [1.29, 1.82) is 0 Å². The molecular weight excluding hydrogens is 380 g/mol. The van der Waals surface area contributed by atoms with Crippen molar-refractivity contribution >= 4 is 5.78 Å². The Labute approximate surface area is 191 Å². The van der Waals surface area contributed by atoms with E-state index in [0.29, 0.717) is 34.9 Å². The first kappa shape index (κ1) is 23.5. The molecule has 0 radical (unpaired) electrons. The molecule has 3 saturated carbocycles. The lowest BCUT2D eigenvalue weighted by Crippen LogP contribution is -2.51. The first-order valence-electron chi connectivity index (χ1n) is 13.5. The van der Waals surface area contributed by atoms with Crippen molar-refractivity contribution in [1.82, 2.24) is 0 Å². The summed E-state index contributed by atoms with van der Waals surface area (Å²) in [6.45, 7) is 14.3. The van der Waals surface area contributed by atoms with Crippen LogP contribution in [0.5, 0.6) is 0 Å². The van der Waals surface area contributed by atoms with Gasteiger partial charge in [0, 0.05) is 6.42 Å². The molecule has 1 N–H and O–H groups in total. The minimum Gasteiger partial charge on any atom is -0.393 e. The summed E-state index contributed by atoms with van der Waals surface area (Å²) < 4.78 is 0. The molecule has 0 saturated heterocycles. The summed E-state index contributed by atoms with van der Waals surface area (Å²) in [6.07, 6.45) is 13.6. The van der Waals surface area contributed by atoms with E-state index in [1.807, 2.05) is 6.08 Å². The summed E-state index contributed by atoms with van der Waals surface area (Å²) >= 11 is 0. The second kappa shape index (κ2) is 8.62. The number of allylic oxidation sites excluding steroid dienone is 1. The lowest BCUT2D eigenvalue weighted by molar-refractivity contribution is -0.117. The van der Waals surface area contributed by atoms with E-state index >= 15 is 0 Å². The van der Waals surface area contributed by atoms with Crippen LogP contribution in [0.2, 0.25) is 0 Å². The van der Waals surface area contributed by atoms with Crippen LogP contribution in [-0.2, 0) is 4.79 Å². The molecule has 4 rings (SSSR count). The average molecular weight is 429 g/mol. The molecule has 0 aromatic carbocycles. The molecule has 4 aliphatic carbocycles. The monoisotopic (exact) mass is 428 g/mol. The van der Waals surface area contributed by atoms with Crippen LogP contribution < -0.4 is 0 Å². The third-order valence-electron chi connectivity index (χ3n) is 11.3. The maximum absolute atomic E-state index is 12.1. The molecule has 0 spiro atoms. The molecule has 2 nitrogen and oxygen atoms in total. The first-order chi connectivity index (χ1) is 14.6. The van der Waals surface area contributed by atoms with Gasteiger partial charge in [-0.15, -0.1) is 0 Å². The number of aliphatic hydroxyl groups excluding tert-OH is 1. The Balaban J connectivity index is 1.51. The lowest BCUT2D eigenvalue weighted by atomic mass is 9.46. The smallest absolute Gasteiger partial charge is 0.155 e. The van der Waals surface area contributed by atoms with Gasteiger partial charge in [0.1, 0.15) is 0 Å². The SMILES string of the molecule is CC[C@H](C[C@@H](O)C(C)[C@H]1CC[C@H]2[C@@H]3CCC4=CC(=O)CC[C@]4(C)[C@H]3CC[C@]12C)C(C)C. The Bertz CT molecular complexity index is 708. The molecule has 0 aromatic rings. The zero-order valence-electron chi connectivity index (χ0n) is 21.1. The Morgan fingerprint density at radius 1 is 1.03 bits per heavy atom. The van der Waals surface area contributed by atoms with Crippen LogP contribution in [0.25, 0.3) is 0 Å². The quantitative estimate of drug-likeness (QED) is 0.485. The third kappa shape index (κ3) is 3.87. The van der Waals surface area contributed by atoms with E-state index in [9.17, 15) is 9.90 Å². The number of hydrogen-bond acceptors (Lipinski definition) is 2. The third-order valence-corrected chi connectivity index (χ3v) is 11.3. The maximum atomic E-state index is 12.1. The van der Waals surface area contributed by atoms with Crippen molar-refractivity contribution in [3.05, 3.63) is 11.6 Å². The number of ketones is 1. The summed E-state index contributed by atoms with van der Waals surface area (Å²) in [7, 11) is 0. The van der Waals surface area contributed by atoms with Gasteiger partial charge in [-0.1, -0.05) is 53.5 Å². The van der Waals surface area contributed by atoms with Gasteiger partial charge in [-0.3, -0.25) is 4.79 Å². The summed E-state index contributed by atoms with van der Waals surface area (Å²) in [6, 6.07) is 0. The van der Waals surface area contributed by atoms with E-state index in [1.54, 1.807) is 0 Å². The normalized spacial score (nSPS) is 43.0. The Kier molecular flexibility index (Phi) is 6.54. The standard InChI is InChI=1S/C29H48O2/c1-7-20(18(2)3)16-27(31)19(4)24-10-11-25-23-9-8-21-17-22(30)12-14-28(21,5)26(23)13-15-29(24,25)6/h17-20,23-27,31H,7-16H2,1-6H3/t19?,20-,23+,24-,25+,26+,27-,28+,29-/m1/s1. The zero-order valence-corrected chi connectivity index (χ0v) is 21.1. The second-order valence-electron chi connectivity index (χ2n) is 12.8. The van der Waals surface area contributed by atoms with Crippen molar-refractivity contribution < 1.29 is 9.90 Å². The fourth-order valence-corrected chi connectivity index (χ4v) is 9.17. The summed E-state index contributed by atoms with van der Waals surface area (Å²) in [5, 5.41) is 11.2. The molecule has 176 valence electrons. The Hall–Kier alpha value is -0.630. The molecule has 31 heavy (non-hydrogen) atoms. The molecule has 0 aromatic heterocycles. The van der Waals surface area contributed by atoms with Gasteiger partial charge in [0.15, 0.2) is 5.78 Å². The van der Waals surface area contributed by atoms with Crippen LogP contribution in [0.15, 0.2) is 11.6 Å². The predicted molar refractivity (Wildman–Crippen MR) is 129 cm³/mol. The highest BCUT2D eigenvalue weighted by atomic mass is 16.3. The largest absolute Gasteiger partial charge is 0.393 e. The summed E-state index contributed by atoms with van der Waals surface area (Å²) in [4.78, 5) is 12.1. The van der Waals surface area contributed by atoms with Crippen LogP contribution in [0, 0.1) is 52.3 Å². The number of rotatable bonds is 6. The highest BCUT2D eigenvalue weighted by molar-refractivity contribution is 5.91. The summed E-state index contributed by atoms with van der Waals surface area (Å²) in [5.41, 5.74) is 2.14. The van der Waals surface area contributed by atoms with Gasteiger partial charge in [0.2, 0.25) is 0 Å². The molecule has 0 heterocycles. The fraction of sp³-hybridized carbons (Fsp3) is 0.897. The van der Waals surface area contributed by atoms with Crippen molar-refractivity contribution in [2.24, 2.45) is 52.3 Å². The van der Waals surface area contributed by atoms with Gasteiger partial charge in [-0.05, 0) is 110 Å². The molecule has 0 amide bonds. The second-order valence-corrected chi connectivity index (χ2v) is 12.8. The van der Waals surface area contributed by atoms with Crippen molar-refractivity contribution in [3.63, 3.8) is 0 Å². The van der Waals surface area contributed by atoms with Crippen molar-refractivity contribution in [2.75, 3.05) is 0 Å². The number of fused-ring (bicyclic) bond motifs is 5. The van der Waals surface area contributed by atoms with E-state index in [4.69, 9.17) is 0 Å². The van der Waals surface area contributed by atoms with Gasteiger partial charge in [0.25, 0.3) is 0 Å². The summed E-state index contributed by atoms with van der Waals surface area (Å²) in [5.74, 6) is 5.12. The molecule has 1 unspecified atom stereocenters. The van der Waals surface area contributed by atoms with E-state index in [2.05, 4.69) is 41.5 Å². The number of aliphatic hydroxyl groups is 1. The molecule has 0 aliphatic heterocycles. The van der Waals surface area contributed by atoms with Crippen LogP contribution in [-0.4, -0.2) is 17.0 Å². The minimum atomic E-state index is -0.159. The molecule has 3 fully saturated rings. The van der Waals surface area contributed by atoms with Crippen molar-refractivity contribution in [3.8, 4) is 0 Å². The maximum Gasteiger partial charge on any atom is 0.155 e. The fourth-order valence-electron chi connectivity index (χ4n) is 9.17. The van der Waals surface area contributed by atoms with Crippen molar-refractivity contribution in [2.45, 2.75) is 112 Å². The number of hydrogen-bond donors (Lipinski definition) is 1. The van der Waals surface area contributed by atoms with Crippen LogP contribution in [0.4, 0.5) is 0 Å². The topological polar surface area (TPSA) is 37.3 Å². The minimum absolute atomic E-state index is 0.159. The van der Waals surface area contributed by atoms with Crippen LogP contribution in [0.1, 0.15) is 106 Å². The Morgan fingerprint density at radius 2 is 1.77 bits per heavy atom. The number of carbonyl (C=O) groups excluding carboxylic acids is 1. The van der Waals surface area contributed by atoms with E-state index < -0.39 is 0 Å². The lowest BCUT2D eigenvalue weighted by Gasteiger charge is -2.58. The predicted octanol–water partition coefficient (Wildman–Crippen LogP) is 7.20. The number of carbonyl (C=O) groups is 1. The van der Waals surface area contributed by atoms with E-state index in [1.165, 1.54) is 44.1 Å². The Morgan fingerprint density at radius 3 is 2.45 bits per heavy atom. The van der Waals surface area contributed by atoms with E-state index in [0.717, 1.165) is 43.4 Å². The van der Waals surface area contributed by atoms with Crippen LogP contribution in [0.3, 0.4) is 0 Å². The van der Waals surface area contributed by atoms with Gasteiger partial charge in [-0.2, -0.15) is 0 Å². The van der Waals surface area contributed by atoms with Gasteiger partial charge in [0.05, 0.1) is 6.10 Å². The van der Waals surface area contributed by atoms with Crippen LogP contribution >= 0.6 is 0 Å². The molecule has 0 bridgehead atoms. The highest BCUT2D eigenvalue weighted by Crippen LogP contribution is 2.67. The molecule has 4 aliphatic rings. The van der Waals surface area contributed by atoms with Gasteiger partial charge < -0.3 is 5.11 Å². The zero-order chi connectivity index (χ0) is 22.6. The average Bonchev–Trinajstić information content (AvgIpc) is 3.08. The van der Waals surface area contributed by atoms with E-state index in [-0.39, 0.29) is 11.5 Å². The highest BCUT2D eigenvalue weighted by Gasteiger charge is 2.59. The molecule has 9 atom stereocenters. The van der Waals surface area contributed by atoms with Gasteiger partial charge in [-0.25, -0.2) is 0 Å². The first-order valence-corrected chi connectivity index (χ1v) is 13.5.